The molecule has 1 spiro atoms. The number of anilines is 1. The summed E-state index contributed by atoms with van der Waals surface area (Å²) in [5.41, 5.74) is 0.101. The molecule has 0 aromatic heterocycles. The quantitative estimate of drug-likeness (QED) is 0.509. The average molecular weight is 501 g/mol. The molecule has 0 aliphatic carbocycles. The van der Waals surface area contributed by atoms with E-state index in [-0.39, 0.29) is 49.2 Å². The summed E-state index contributed by atoms with van der Waals surface area (Å²) < 4.78 is 10.5. The van der Waals surface area contributed by atoms with Crippen molar-refractivity contribution in [2.24, 2.45) is 0 Å². The maximum atomic E-state index is 13.7. The molecule has 1 N–H and O–H groups in total. The van der Waals surface area contributed by atoms with E-state index in [0.717, 1.165) is 25.1 Å². The van der Waals surface area contributed by atoms with Crippen LogP contribution in [0.1, 0.15) is 45.4 Å². The SMILES string of the molecule is CCOC(=O)CCC(=O)N1CCC2(CC1)C(=O)N(CC(=O)NCC1CCCO1)CN2c1ccccc1. The van der Waals surface area contributed by atoms with Gasteiger partial charge in [-0.2, -0.15) is 0 Å². The topological polar surface area (TPSA) is 108 Å². The van der Waals surface area contributed by atoms with Crippen molar-refractivity contribution >= 4 is 29.4 Å². The Hall–Kier alpha value is -3.14. The molecular formula is C26H36N4O6. The van der Waals surface area contributed by atoms with Crippen molar-refractivity contribution < 1.29 is 28.7 Å². The van der Waals surface area contributed by atoms with Gasteiger partial charge in [-0.15, -0.1) is 0 Å². The molecule has 36 heavy (non-hydrogen) atoms. The van der Waals surface area contributed by atoms with Crippen LogP contribution in [0, 0.1) is 0 Å². The van der Waals surface area contributed by atoms with Gasteiger partial charge in [0, 0.05) is 38.3 Å². The number of benzene rings is 1. The number of amides is 3. The van der Waals surface area contributed by atoms with Gasteiger partial charge < -0.3 is 29.5 Å². The minimum atomic E-state index is -0.811. The largest absolute Gasteiger partial charge is 0.466 e. The Morgan fingerprint density at radius 1 is 1.14 bits per heavy atom. The number of nitrogens with zero attached hydrogens (tertiary/aromatic N) is 3. The molecule has 3 fully saturated rings. The first-order chi connectivity index (χ1) is 17.4. The van der Waals surface area contributed by atoms with Crippen molar-refractivity contribution in [3.05, 3.63) is 30.3 Å². The maximum absolute atomic E-state index is 13.7. The number of carbonyl (C=O) groups is 4. The number of esters is 1. The molecule has 3 amide bonds. The zero-order chi connectivity index (χ0) is 25.5. The molecular weight excluding hydrogens is 464 g/mol. The van der Waals surface area contributed by atoms with Crippen LogP contribution in [0.5, 0.6) is 0 Å². The van der Waals surface area contributed by atoms with E-state index in [1.807, 2.05) is 30.3 Å². The van der Waals surface area contributed by atoms with Crippen LogP contribution in [0.25, 0.3) is 0 Å². The fourth-order valence-electron chi connectivity index (χ4n) is 5.31. The molecule has 1 aromatic rings. The molecule has 10 heteroatoms. The van der Waals surface area contributed by atoms with E-state index >= 15 is 0 Å². The number of rotatable bonds is 9. The Labute approximate surface area is 211 Å². The molecule has 3 saturated heterocycles. The van der Waals surface area contributed by atoms with Crippen molar-refractivity contribution in [1.29, 1.82) is 0 Å². The summed E-state index contributed by atoms with van der Waals surface area (Å²) in [7, 11) is 0. The Balaban J connectivity index is 1.40. The molecule has 10 nitrogen and oxygen atoms in total. The fourth-order valence-corrected chi connectivity index (χ4v) is 5.31. The minimum absolute atomic E-state index is 0.0151. The summed E-state index contributed by atoms with van der Waals surface area (Å²) in [5.74, 6) is -0.776. The highest BCUT2D eigenvalue weighted by Gasteiger charge is 2.54. The standard InChI is InChI=1S/C26H36N4O6/c1-2-35-24(33)11-10-23(32)28-14-12-26(13-15-28)25(34)29(19-30(26)20-7-4-3-5-8-20)18-22(31)27-17-21-9-6-16-36-21/h3-5,7-8,21H,2,6,9-19H2,1H3,(H,27,31). The highest BCUT2D eigenvalue weighted by molar-refractivity contribution is 5.96. The number of ether oxygens (including phenoxy) is 2. The summed E-state index contributed by atoms with van der Waals surface area (Å²) in [6.07, 6.45) is 3.04. The summed E-state index contributed by atoms with van der Waals surface area (Å²) >= 11 is 0. The van der Waals surface area contributed by atoms with Crippen molar-refractivity contribution in [3.63, 3.8) is 0 Å². The van der Waals surface area contributed by atoms with Crippen LogP contribution in [0.4, 0.5) is 5.69 Å². The number of nitrogens with one attached hydrogen (secondary N) is 1. The third-order valence-electron chi connectivity index (χ3n) is 7.26. The molecule has 4 rings (SSSR count). The van der Waals surface area contributed by atoms with Gasteiger partial charge in [0.1, 0.15) is 12.1 Å². The van der Waals surface area contributed by atoms with E-state index in [0.29, 0.717) is 45.8 Å². The third-order valence-corrected chi connectivity index (χ3v) is 7.26. The molecule has 196 valence electrons. The van der Waals surface area contributed by atoms with Gasteiger partial charge in [-0.1, -0.05) is 18.2 Å². The van der Waals surface area contributed by atoms with Gasteiger partial charge in [-0.05, 0) is 44.7 Å². The Morgan fingerprint density at radius 3 is 2.56 bits per heavy atom. The van der Waals surface area contributed by atoms with Gasteiger partial charge in [-0.3, -0.25) is 19.2 Å². The molecule has 3 heterocycles. The second-order valence-corrected chi connectivity index (χ2v) is 9.56. The Morgan fingerprint density at radius 2 is 1.89 bits per heavy atom. The number of carbonyl (C=O) groups excluding carboxylic acids is 4. The molecule has 3 aliphatic heterocycles. The van der Waals surface area contributed by atoms with Gasteiger partial charge in [0.15, 0.2) is 0 Å². The van der Waals surface area contributed by atoms with Crippen LogP contribution in [-0.4, -0.2) is 91.2 Å². The Kier molecular flexibility index (Phi) is 8.45. The van der Waals surface area contributed by atoms with E-state index in [1.165, 1.54) is 0 Å². The zero-order valence-electron chi connectivity index (χ0n) is 20.9. The van der Waals surface area contributed by atoms with Crippen LogP contribution in [0.2, 0.25) is 0 Å². The van der Waals surface area contributed by atoms with Crippen molar-refractivity contribution in [2.45, 2.75) is 57.1 Å². The molecule has 1 unspecified atom stereocenters. The first kappa shape index (κ1) is 25.9. The number of likely N-dealkylation sites (tertiary alicyclic amines) is 1. The predicted octanol–water partition coefficient (Wildman–Crippen LogP) is 1.29. The highest BCUT2D eigenvalue weighted by atomic mass is 16.5. The molecule has 1 aromatic carbocycles. The van der Waals surface area contributed by atoms with Crippen LogP contribution in [0.3, 0.4) is 0 Å². The van der Waals surface area contributed by atoms with E-state index in [4.69, 9.17) is 9.47 Å². The van der Waals surface area contributed by atoms with Crippen molar-refractivity contribution in [3.8, 4) is 0 Å². The van der Waals surface area contributed by atoms with E-state index in [9.17, 15) is 19.2 Å². The number of para-hydroxylation sites is 1. The third kappa shape index (κ3) is 5.80. The lowest BCUT2D eigenvalue weighted by Gasteiger charge is -2.43. The lowest BCUT2D eigenvalue weighted by Crippen LogP contribution is -2.57. The second kappa shape index (κ2) is 11.7. The summed E-state index contributed by atoms with van der Waals surface area (Å²) in [6.45, 7) is 4.33. The van der Waals surface area contributed by atoms with E-state index in [2.05, 4.69) is 10.2 Å². The van der Waals surface area contributed by atoms with Crippen LogP contribution in [-0.2, 0) is 28.7 Å². The summed E-state index contributed by atoms with van der Waals surface area (Å²) in [6, 6.07) is 9.71. The summed E-state index contributed by atoms with van der Waals surface area (Å²) in [4.78, 5) is 56.1. The molecule has 0 bridgehead atoms. The number of hydrogen-bond acceptors (Lipinski definition) is 7. The normalized spacial score (nSPS) is 21.2. The number of hydrogen-bond donors (Lipinski definition) is 1. The van der Waals surface area contributed by atoms with Crippen molar-refractivity contribution in [2.75, 3.05) is 51.0 Å². The highest BCUT2D eigenvalue weighted by Crippen LogP contribution is 2.39. The monoisotopic (exact) mass is 500 g/mol. The van der Waals surface area contributed by atoms with Gasteiger partial charge in [0.2, 0.25) is 11.8 Å². The van der Waals surface area contributed by atoms with Crippen LogP contribution < -0.4 is 10.2 Å². The number of piperidine rings is 1. The first-order valence-corrected chi connectivity index (χ1v) is 12.9. The van der Waals surface area contributed by atoms with Crippen LogP contribution >= 0.6 is 0 Å². The smallest absolute Gasteiger partial charge is 0.306 e. The van der Waals surface area contributed by atoms with Gasteiger partial charge in [0.05, 0.1) is 25.8 Å². The summed E-state index contributed by atoms with van der Waals surface area (Å²) in [5, 5.41) is 2.91. The molecule has 3 aliphatic rings. The molecule has 1 atom stereocenters. The second-order valence-electron chi connectivity index (χ2n) is 9.56. The van der Waals surface area contributed by atoms with E-state index in [1.54, 1.807) is 16.7 Å². The molecule has 0 radical (unpaired) electrons. The molecule has 0 saturated carbocycles. The average Bonchev–Trinajstić information content (AvgIpc) is 3.50. The van der Waals surface area contributed by atoms with Gasteiger partial charge in [0.25, 0.3) is 5.91 Å². The van der Waals surface area contributed by atoms with Crippen molar-refractivity contribution in [1.82, 2.24) is 15.1 Å². The van der Waals surface area contributed by atoms with Gasteiger partial charge >= 0.3 is 5.97 Å². The predicted molar refractivity (Wildman–Crippen MR) is 132 cm³/mol. The lowest BCUT2D eigenvalue weighted by molar-refractivity contribution is -0.146. The van der Waals surface area contributed by atoms with Gasteiger partial charge in [-0.25, -0.2) is 0 Å². The maximum Gasteiger partial charge on any atom is 0.306 e. The minimum Gasteiger partial charge on any atom is -0.466 e. The van der Waals surface area contributed by atoms with Crippen LogP contribution in [0.15, 0.2) is 30.3 Å². The first-order valence-electron chi connectivity index (χ1n) is 12.9. The lowest BCUT2D eigenvalue weighted by atomic mass is 9.85. The zero-order valence-corrected chi connectivity index (χ0v) is 20.9. The fraction of sp³-hybridized carbons (Fsp3) is 0.615. The van der Waals surface area contributed by atoms with E-state index < -0.39 is 5.54 Å². The Bertz CT molecular complexity index is 941.